The minimum absolute atomic E-state index is 0.218. The lowest BCUT2D eigenvalue weighted by Gasteiger charge is -2.10. The van der Waals surface area contributed by atoms with Crippen LogP contribution in [0.2, 0.25) is 0 Å². The molecular formula is C18H29N3O2. The number of nitrogens with two attached hydrogens (primary N) is 3. The van der Waals surface area contributed by atoms with E-state index in [2.05, 4.69) is 0 Å². The quantitative estimate of drug-likeness (QED) is 0.514. The van der Waals surface area contributed by atoms with Crippen LogP contribution in [-0.4, -0.2) is 18.4 Å². The minimum Gasteiger partial charge on any atom is -0.366 e. The molecule has 0 spiro atoms. The van der Waals surface area contributed by atoms with Crippen LogP contribution in [0.15, 0.2) is 18.2 Å². The van der Waals surface area contributed by atoms with Gasteiger partial charge in [0.15, 0.2) is 0 Å². The summed E-state index contributed by atoms with van der Waals surface area (Å²) < 4.78 is 0. The molecule has 1 rings (SSSR count). The Balaban J connectivity index is 2.39. The first-order valence-corrected chi connectivity index (χ1v) is 8.49. The van der Waals surface area contributed by atoms with E-state index in [1.807, 2.05) is 6.07 Å². The van der Waals surface area contributed by atoms with Gasteiger partial charge in [0.2, 0.25) is 11.8 Å². The van der Waals surface area contributed by atoms with Crippen LogP contribution in [0.1, 0.15) is 77.6 Å². The fourth-order valence-corrected chi connectivity index (χ4v) is 2.83. The summed E-state index contributed by atoms with van der Waals surface area (Å²) in [6, 6.07) is 5.14. The van der Waals surface area contributed by atoms with Crippen molar-refractivity contribution in [1.29, 1.82) is 0 Å². The number of carbonyl (C=O) groups excluding carboxylic acids is 2. The van der Waals surface area contributed by atoms with E-state index in [0.29, 0.717) is 0 Å². The summed E-state index contributed by atoms with van der Waals surface area (Å²) in [4.78, 5) is 23.0. The second-order valence-electron chi connectivity index (χ2n) is 5.94. The molecule has 0 bridgehead atoms. The maximum Gasteiger partial charge on any atom is 0.249 e. The smallest absolute Gasteiger partial charge is 0.249 e. The molecule has 0 radical (unpaired) electrons. The minimum atomic E-state index is -0.613. The third kappa shape index (κ3) is 6.82. The summed E-state index contributed by atoms with van der Waals surface area (Å²) in [5, 5.41) is 0. The number of primary amides is 2. The second kappa shape index (κ2) is 10.8. The Labute approximate surface area is 138 Å². The molecule has 128 valence electrons. The predicted molar refractivity (Wildman–Crippen MR) is 93.2 cm³/mol. The molecule has 6 N–H and O–H groups in total. The van der Waals surface area contributed by atoms with Crippen molar-refractivity contribution in [1.82, 2.24) is 0 Å². The van der Waals surface area contributed by atoms with Gasteiger partial charge < -0.3 is 17.2 Å². The fraction of sp³-hybridized carbons (Fsp3) is 0.556. The van der Waals surface area contributed by atoms with E-state index < -0.39 is 11.8 Å². The maximum absolute atomic E-state index is 11.6. The van der Waals surface area contributed by atoms with E-state index in [-0.39, 0.29) is 11.1 Å². The molecule has 0 unspecified atom stereocenters. The van der Waals surface area contributed by atoms with Crippen molar-refractivity contribution >= 4 is 11.8 Å². The van der Waals surface area contributed by atoms with Crippen LogP contribution in [0.3, 0.4) is 0 Å². The fourth-order valence-electron chi connectivity index (χ4n) is 2.83. The summed E-state index contributed by atoms with van der Waals surface area (Å²) in [6.07, 6.45) is 10.1. The standard InChI is InChI=1S/C18H29N3O2/c19-13-8-6-4-2-1-3-5-7-10-14-11-9-12-15(17(20)22)16(14)18(21)23/h9,11-12H,1-8,10,13,19H2,(H2,20,22)(H2,21,23). The number of rotatable bonds is 12. The van der Waals surface area contributed by atoms with Crippen LogP contribution < -0.4 is 17.2 Å². The Morgan fingerprint density at radius 1 is 0.783 bits per heavy atom. The first-order valence-electron chi connectivity index (χ1n) is 8.49. The zero-order chi connectivity index (χ0) is 17.1. The Hall–Kier alpha value is -1.88. The number of hydrogen-bond donors (Lipinski definition) is 3. The van der Waals surface area contributed by atoms with Crippen molar-refractivity contribution in [3.05, 3.63) is 34.9 Å². The van der Waals surface area contributed by atoms with E-state index in [1.165, 1.54) is 32.1 Å². The van der Waals surface area contributed by atoms with Gasteiger partial charge in [0, 0.05) is 0 Å². The highest BCUT2D eigenvalue weighted by molar-refractivity contribution is 6.07. The molecular weight excluding hydrogens is 290 g/mol. The summed E-state index contributed by atoms with van der Waals surface area (Å²) in [7, 11) is 0. The van der Waals surface area contributed by atoms with Gasteiger partial charge in [-0.2, -0.15) is 0 Å². The first-order chi connectivity index (χ1) is 11.1. The molecule has 5 heteroatoms. The normalized spacial score (nSPS) is 10.7. The number of benzene rings is 1. The van der Waals surface area contributed by atoms with Crippen molar-refractivity contribution in [2.24, 2.45) is 17.2 Å². The van der Waals surface area contributed by atoms with Crippen molar-refractivity contribution in [2.75, 3.05) is 6.54 Å². The van der Waals surface area contributed by atoms with Crippen molar-refractivity contribution < 1.29 is 9.59 Å². The van der Waals surface area contributed by atoms with Crippen LogP contribution >= 0.6 is 0 Å². The molecule has 1 aromatic rings. The van der Waals surface area contributed by atoms with E-state index >= 15 is 0 Å². The van der Waals surface area contributed by atoms with Crippen LogP contribution in [0.25, 0.3) is 0 Å². The maximum atomic E-state index is 11.6. The molecule has 0 aliphatic heterocycles. The van der Waals surface area contributed by atoms with Crippen LogP contribution in [0, 0.1) is 0 Å². The Morgan fingerprint density at radius 3 is 1.87 bits per heavy atom. The third-order valence-corrected chi connectivity index (χ3v) is 4.06. The molecule has 2 amide bonds. The van der Waals surface area contributed by atoms with E-state index in [9.17, 15) is 9.59 Å². The van der Waals surface area contributed by atoms with E-state index in [1.54, 1.807) is 12.1 Å². The Morgan fingerprint density at radius 2 is 1.35 bits per heavy atom. The average Bonchev–Trinajstić information content (AvgIpc) is 2.52. The van der Waals surface area contributed by atoms with Gasteiger partial charge in [-0.25, -0.2) is 0 Å². The van der Waals surface area contributed by atoms with Crippen molar-refractivity contribution in [3.8, 4) is 0 Å². The number of unbranched alkanes of at least 4 members (excludes halogenated alkanes) is 7. The molecule has 0 aliphatic rings. The van der Waals surface area contributed by atoms with E-state index in [0.717, 1.165) is 37.8 Å². The molecule has 0 saturated heterocycles. The molecule has 0 heterocycles. The van der Waals surface area contributed by atoms with Gasteiger partial charge in [-0.15, -0.1) is 0 Å². The summed E-state index contributed by atoms with van der Waals surface area (Å²) >= 11 is 0. The van der Waals surface area contributed by atoms with Crippen molar-refractivity contribution in [2.45, 2.75) is 57.8 Å². The van der Waals surface area contributed by atoms with Gasteiger partial charge in [-0.05, 0) is 37.4 Å². The topological polar surface area (TPSA) is 112 Å². The van der Waals surface area contributed by atoms with Gasteiger partial charge in [0.1, 0.15) is 0 Å². The Kier molecular flexibility index (Phi) is 8.98. The number of carbonyl (C=O) groups is 2. The van der Waals surface area contributed by atoms with Crippen molar-refractivity contribution in [3.63, 3.8) is 0 Å². The molecule has 0 atom stereocenters. The van der Waals surface area contributed by atoms with Crippen LogP contribution in [0.5, 0.6) is 0 Å². The van der Waals surface area contributed by atoms with Gasteiger partial charge in [-0.1, -0.05) is 50.7 Å². The monoisotopic (exact) mass is 319 g/mol. The van der Waals surface area contributed by atoms with Gasteiger partial charge >= 0.3 is 0 Å². The summed E-state index contributed by atoms with van der Waals surface area (Å²) in [5.74, 6) is -1.20. The number of aryl methyl sites for hydroxylation is 1. The number of hydrogen-bond acceptors (Lipinski definition) is 3. The SMILES string of the molecule is NCCCCCCCCCCc1cccc(C(N)=O)c1C(N)=O. The van der Waals surface area contributed by atoms with Crippen LogP contribution in [-0.2, 0) is 6.42 Å². The summed E-state index contributed by atoms with van der Waals surface area (Å²) in [5.41, 5.74) is 17.5. The molecule has 1 aromatic carbocycles. The molecule has 23 heavy (non-hydrogen) atoms. The lowest BCUT2D eigenvalue weighted by atomic mass is 9.95. The molecule has 0 fully saturated rings. The predicted octanol–water partition coefficient (Wildman–Crippen LogP) is 2.51. The Bertz CT molecular complexity index is 515. The van der Waals surface area contributed by atoms with E-state index in [4.69, 9.17) is 17.2 Å². The average molecular weight is 319 g/mol. The highest BCUT2D eigenvalue weighted by Crippen LogP contribution is 2.18. The third-order valence-electron chi connectivity index (χ3n) is 4.06. The highest BCUT2D eigenvalue weighted by atomic mass is 16.2. The summed E-state index contributed by atoms with van der Waals surface area (Å²) in [6.45, 7) is 0.784. The second-order valence-corrected chi connectivity index (χ2v) is 5.94. The lowest BCUT2D eigenvalue weighted by Crippen LogP contribution is -2.22. The molecule has 0 saturated carbocycles. The zero-order valence-corrected chi connectivity index (χ0v) is 13.9. The van der Waals surface area contributed by atoms with Gasteiger partial charge in [0.25, 0.3) is 0 Å². The zero-order valence-electron chi connectivity index (χ0n) is 13.9. The lowest BCUT2D eigenvalue weighted by molar-refractivity contribution is 0.0966. The number of amides is 2. The molecule has 5 nitrogen and oxygen atoms in total. The molecule has 0 aromatic heterocycles. The van der Waals surface area contributed by atoms with Gasteiger partial charge in [0.05, 0.1) is 11.1 Å². The van der Waals surface area contributed by atoms with Crippen LogP contribution in [0.4, 0.5) is 0 Å². The first kappa shape index (κ1) is 19.2. The largest absolute Gasteiger partial charge is 0.366 e. The highest BCUT2D eigenvalue weighted by Gasteiger charge is 2.16. The molecule has 0 aliphatic carbocycles. The van der Waals surface area contributed by atoms with Gasteiger partial charge in [-0.3, -0.25) is 9.59 Å².